The number of aromatic nitrogens is 1. The molecule has 0 amide bonds. The molecule has 18 heavy (non-hydrogen) atoms. The lowest BCUT2D eigenvalue weighted by Crippen LogP contribution is -2.26. The van der Waals surface area contributed by atoms with Gasteiger partial charge >= 0.3 is 0 Å². The highest BCUT2D eigenvalue weighted by molar-refractivity contribution is 5.43. The van der Waals surface area contributed by atoms with Crippen LogP contribution in [0.2, 0.25) is 0 Å². The van der Waals surface area contributed by atoms with E-state index in [1.54, 1.807) is 0 Å². The standard InChI is InChI=1S/C15H25N3/c1-4-15(5-2)8-9-18(11-15)14-7-6-13(10-16)12(3)17-14/h6-7H,4-5,8-11,16H2,1-3H3. The van der Waals surface area contributed by atoms with Crippen molar-refractivity contribution in [1.29, 1.82) is 0 Å². The summed E-state index contributed by atoms with van der Waals surface area (Å²) in [6.45, 7) is 9.53. The maximum Gasteiger partial charge on any atom is 0.128 e. The number of nitrogens with zero attached hydrogens (tertiary/aromatic N) is 2. The van der Waals surface area contributed by atoms with Crippen molar-refractivity contribution >= 4 is 5.82 Å². The van der Waals surface area contributed by atoms with Gasteiger partial charge in [-0.25, -0.2) is 4.98 Å². The number of hydrogen-bond acceptors (Lipinski definition) is 3. The SMILES string of the molecule is CCC1(CC)CCN(c2ccc(CN)c(C)n2)C1. The second-order valence-corrected chi connectivity index (χ2v) is 5.50. The first kappa shape index (κ1) is 13.3. The van der Waals surface area contributed by atoms with Crippen LogP contribution in [0.15, 0.2) is 12.1 Å². The number of anilines is 1. The van der Waals surface area contributed by atoms with Gasteiger partial charge in [0.2, 0.25) is 0 Å². The van der Waals surface area contributed by atoms with E-state index in [1.165, 1.54) is 19.3 Å². The molecule has 0 bridgehead atoms. The first-order valence-corrected chi connectivity index (χ1v) is 7.05. The summed E-state index contributed by atoms with van der Waals surface area (Å²) in [4.78, 5) is 7.14. The van der Waals surface area contributed by atoms with Gasteiger partial charge in [-0.3, -0.25) is 0 Å². The van der Waals surface area contributed by atoms with Gasteiger partial charge in [0, 0.05) is 25.3 Å². The summed E-state index contributed by atoms with van der Waals surface area (Å²) in [5.74, 6) is 1.12. The second-order valence-electron chi connectivity index (χ2n) is 5.50. The summed E-state index contributed by atoms with van der Waals surface area (Å²) in [6.07, 6.45) is 3.82. The molecule has 1 aliphatic rings. The zero-order chi connectivity index (χ0) is 13.2. The van der Waals surface area contributed by atoms with Crippen LogP contribution in [0.1, 0.15) is 44.4 Å². The van der Waals surface area contributed by atoms with Crippen LogP contribution in [-0.2, 0) is 6.54 Å². The zero-order valence-electron chi connectivity index (χ0n) is 11.9. The van der Waals surface area contributed by atoms with Gasteiger partial charge in [0.05, 0.1) is 0 Å². The molecule has 1 fully saturated rings. The number of nitrogens with two attached hydrogens (primary N) is 1. The van der Waals surface area contributed by atoms with E-state index in [2.05, 4.69) is 37.8 Å². The van der Waals surface area contributed by atoms with Crippen molar-refractivity contribution in [2.75, 3.05) is 18.0 Å². The van der Waals surface area contributed by atoms with E-state index in [9.17, 15) is 0 Å². The molecule has 0 radical (unpaired) electrons. The van der Waals surface area contributed by atoms with Crippen LogP contribution in [0, 0.1) is 12.3 Å². The summed E-state index contributed by atoms with van der Waals surface area (Å²) in [7, 11) is 0. The third kappa shape index (κ3) is 2.37. The fraction of sp³-hybridized carbons (Fsp3) is 0.667. The van der Waals surface area contributed by atoms with Crippen LogP contribution >= 0.6 is 0 Å². The van der Waals surface area contributed by atoms with Crippen molar-refractivity contribution in [1.82, 2.24) is 4.98 Å². The molecule has 2 N–H and O–H groups in total. The maximum absolute atomic E-state index is 5.69. The van der Waals surface area contributed by atoms with Crippen molar-refractivity contribution in [2.24, 2.45) is 11.1 Å². The Balaban J connectivity index is 2.17. The van der Waals surface area contributed by atoms with Crippen LogP contribution in [-0.4, -0.2) is 18.1 Å². The van der Waals surface area contributed by atoms with Crippen molar-refractivity contribution in [3.05, 3.63) is 23.4 Å². The van der Waals surface area contributed by atoms with Gasteiger partial charge in [0.15, 0.2) is 0 Å². The molecule has 2 heterocycles. The van der Waals surface area contributed by atoms with Crippen LogP contribution in [0.4, 0.5) is 5.82 Å². The van der Waals surface area contributed by atoms with Crippen LogP contribution in [0.3, 0.4) is 0 Å². The first-order valence-electron chi connectivity index (χ1n) is 7.05. The average molecular weight is 247 g/mol. The highest BCUT2D eigenvalue weighted by Crippen LogP contribution is 2.38. The first-order chi connectivity index (χ1) is 8.64. The van der Waals surface area contributed by atoms with E-state index in [4.69, 9.17) is 10.7 Å². The largest absolute Gasteiger partial charge is 0.356 e. The lowest BCUT2D eigenvalue weighted by atomic mass is 9.82. The van der Waals surface area contributed by atoms with Gasteiger partial charge in [-0.1, -0.05) is 19.9 Å². The van der Waals surface area contributed by atoms with Gasteiger partial charge in [0.1, 0.15) is 5.82 Å². The third-order valence-corrected chi connectivity index (χ3v) is 4.66. The normalized spacial score (nSPS) is 18.3. The van der Waals surface area contributed by atoms with Gasteiger partial charge < -0.3 is 10.6 Å². The molecule has 1 aliphatic heterocycles. The van der Waals surface area contributed by atoms with Gasteiger partial charge in [-0.05, 0) is 43.2 Å². The zero-order valence-corrected chi connectivity index (χ0v) is 11.9. The van der Waals surface area contributed by atoms with E-state index in [0.29, 0.717) is 12.0 Å². The molecule has 3 heteroatoms. The Labute approximate surface area is 110 Å². The summed E-state index contributed by atoms with van der Waals surface area (Å²) < 4.78 is 0. The van der Waals surface area contributed by atoms with Crippen molar-refractivity contribution in [3.63, 3.8) is 0 Å². The third-order valence-electron chi connectivity index (χ3n) is 4.66. The van der Waals surface area contributed by atoms with Crippen LogP contribution < -0.4 is 10.6 Å². The number of aryl methyl sites for hydroxylation is 1. The summed E-state index contributed by atoms with van der Waals surface area (Å²) >= 11 is 0. The molecular weight excluding hydrogens is 222 g/mol. The van der Waals surface area contributed by atoms with Crippen molar-refractivity contribution in [3.8, 4) is 0 Å². The van der Waals surface area contributed by atoms with Crippen LogP contribution in [0.5, 0.6) is 0 Å². The Morgan fingerprint density at radius 1 is 1.33 bits per heavy atom. The highest BCUT2D eigenvalue weighted by Gasteiger charge is 2.35. The summed E-state index contributed by atoms with van der Waals surface area (Å²) in [5.41, 5.74) is 8.41. The molecule has 0 spiro atoms. The van der Waals surface area contributed by atoms with Gasteiger partial charge in [-0.2, -0.15) is 0 Å². The second kappa shape index (κ2) is 5.27. The Bertz CT molecular complexity index is 410. The van der Waals surface area contributed by atoms with Gasteiger partial charge in [-0.15, -0.1) is 0 Å². The summed E-state index contributed by atoms with van der Waals surface area (Å²) in [5, 5.41) is 0. The molecule has 1 aromatic rings. The molecule has 100 valence electrons. The average Bonchev–Trinajstić information content (AvgIpc) is 2.84. The predicted octanol–water partition coefficient (Wildman–Crippen LogP) is 2.87. The molecule has 0 atom stereocenters. The number of pyridine rings is 1. The molecule has 1 aromatic heterocycles. The molecule has 2 rings (SSSR count). The quantitative estimate of drug-likeness (QED) is 0.889. The fourth-order valence-corrected chi connectivity index (χ4v) is 2.93. The van der Waals surface area contributed by atoms with E-state index in [0.717, 1.165) is 30.2 Å². The Morgan fingerprint density at radius 3 is 2.56 bits per heavy atom. The highest BCUT2D eigenvalue weighted by atomic mass is 15.2. The van der Waals surface area contributed by atoms with Gasteiger partial charge in [0.25, 0.3) is 0 Å². The van der Waals surface area contributed by atoms with Crippen molar-refractivity contribution in [2.45, 2.75) is 46.6 Å². The Kier molecular flexibility index (Phi) is 3.91. The lowest BCUT2D eigenvalue weighted by Gasteiger charge is -2.27. The minimum atomic E-state index is 0.502. The number of rotatable bonds is 4. The Morgan fingerprint density at radius 2 is 2.06 bits per heavy atom. The molecule has 0 saturated carbocycles. The molecule has 3 nitrogen and oxygen atoms in total. The predicted molar refractivity (Wildman–Crippen MR) is 76.7 cm³/mol. The van der Waals surface area contributed by atoms with E-state index < -0.39 is 0 Å². The molecule has 1 saturated heterocycles. The molecule has 0 unspecified atom stereocenters. The fourth-order valence-electron chi connectivity index (χ4n) is 2.93. The smallest absolute Gasteiger partial charge is 0.128 e. The molecular formula is C15H25N3. The van der Waals surface area contributed by atoms with E-state index in [1.807, 2.05) is 0 Å². The lowest BCUT2D eigenvalue weighted by molar-refractivity contribution is 0.301. The number of hydrogen-bond donors (Lipinski definition) is 1. The minimum absolute atomic E-state index is 0.502. The van der Waals surface area contributed by atoms with E-state index >= 15 is 0 Å². The van der Waals surface area contributed by atoms with Crippen molar-refractivity contribution < 1.29 is 0 Å². The Hall–Kier alpha value is -1.09. The summed E-state index contributed by atoms with van der Waals surface area (Å²) in [6, 6.07) is 4.24. The van der Waals surface area contributed by atoms with Crippen LogP contribution in [0.25, 0.3) is 0 Å². The maximum atomic E-state index is 5.69. The monoisotopic (exact) mass is 247 g/mol. The molecule has 0 aromatic carbocycles. The molecule has 0 aliphatic carbocycles. The van der Waals surface area contributed by atoms with E-state index in [-0.39, 0.29) is 0 Å². The minimum Gasteiger partial charge on any atom is -0.356 e. The topological polar surface area (TPSA) is 42.1 Å².